The average molecular weight is 256 g/mol. The summed E-state index contributed by atoms with van der Waals surface area (Å²) in [5.41, 5.74) is 2.18. The highest BCUT2D eigenvalue weighted by atomic mass is 15.1. The van der Waals surface area contributed by atoms with Crippen molar-refractivity contribution in [2.45, 2.75) is 69.7 Å². The standard InChI is InChI=1S/C17H24N2/c1-2-4-19-15(11-18-16(19)3-1)17-8-12-5-13(9-17)7-14(6-12)10-17/h11-14H,1-10H2. The van der Waals surface area contributed by atoms with E-state index in [0.29, 0.717) is 5.41 Å². The lowest BCUT2D eigenvalue weighted by Crippen LogP contribution is -2.49. The van der Waals surface area contributed by atoms with Gasteiger partial charge in [0.2, 0.25) is 0 Å². The summed E-state index contributed by atoms with van der Waals surface area (Å²) in [5.74, 6) is 4.51. The second kappa shape index (κ2) is 3.65. The maximum absolute atomic E-state index is 4.78. The zero-order chi connectivity index (χ0) is 12.4. The van der Waals surface area contributed by atoms with Crippen LogP contribution < -0.4 is 0 Å². The molecule has 1 aliphatic heterocycles. The zero-order valence-corrected chi connectivity index (χ0v) is 11.8. The molecule has 4 saturated carbocycles. The first-order valence-corrected chi connectivity index (χ1v) is 8.37. The minimum absolute atomic E-state index is 0.539. The summed E-state index contributed by atoms with van der Waals surface area (Å²) in [4.78, 5) is 4.78. The van der Waals surface area contributed by atoms with Gasteiger partial charge in [-0.3, -0.25) is 0 Å². The van der Waals surface area contributed by atoms with Crippen LogP contribution >= 0.6 is 0 Å². The lowest BCUT2D eigenvalue weighted by atomic mass is 9.49. The summed E-state index contributed by atoms with van der Waals surface area (Å²) < 4.78 is 2.62. The van der Waals surface area contributed by atoms with E-state index in [1.54, 1.807) is 25.0 Å². The highest BCUT2D eigenvalue weighted by molar-refractivity contribution is 5.24. The fourth-order valence-electron chi connectivity index (χ4n) is 6.26. The molecule has 0 atom stereocenters. The quantitative estimate of drug-likeness (QED) is 0.749. The number of hydrogen-bond acceptors (Lipinski definition) is 1. The molecule has 1 aromatic rings. The van der Waals surface area contributed by atoms with Crippen LogP contribution in [0, 0.1) is 17.8 Å². The second-order valence-corrected chi connectivity index (χ2v) is 7.87. The van der Waals surface area contributed by atoms with Crippen LogP contribution in [0.2, 0.25) is 0 Å². The number of fused-ring (bicyclic) bond motifs is 1. The molecule has 2 heterocycles. The number of imidazole rings is 1. The van der Waals surface area contributed by atoms with Gasteiger partial charge in [-0.2, -0.15) is 0 Å². The molecule has 2 nitrogen and oxygen atoms in total. The summed E-state index contributed by atoms with van der Waals surface area (Å²) in [6.45, 7) is 1.24. The van der Waals surface area contributed by atoms with Crippen molar-refractivity contribution in [3.63, 3.8) is 0 Å². The van der Waals surface area contributed by atoms with Crippen molar-refractivity contribution in [2.24, 2.45) is 17.8 Å². The number of nitrogens with zero attached hydrogens (tertiary/aromatic N) is 2. The molecule has 1 aromatic heterocycles. The highest BCUT2D eigenvalue weighted by Crippen LogP contribution is 2.60. The molecule has 0 N–H and O–H groups in total. The van der Waals surface area contributed by atoms with Gasteiger partial charge in [-0.15, -0.1) is 0 Å². The molecular formula is C17H24N2. The van der Waals surface area contributed by atoms with Gasteiger partial charge < -0.3 is 4.57 Å². The predicted octanol–water partition coefficient (Wildman–Crippen LogP) is 3.69. The van der Waals surface area contributed by atoms with E-state index >= 15 is 0 Å². The summed E-state index contributed by atoms with van der Waals surface area (Å²) in [6.07, 6.45) is 15.2. The summed E-state index contributed by atoms with van der Waals surface area (Å²) in [5, 5.41) is 0. The van der Waals surface area contributed by atoms with Gasteiger partial charge in [-0.25, -0.2) is 4.98 Å². The Bertz CT molecular complexity index is 478. The zero-order valence-electron chi connectivity index (χ0n) is 11.8. The Hall–Kier alpha value is -0.790. The van der Waals surface area contributed by atoms with Gasteiger partial charge in [0.15, 0.2) is 0 Å². The van der Waals surface area contributed by atoms with E-state index in [-0.39, 0.29) is 0 Å². The molecule has 0 spiro atoms. The molecule has 4 fully saturated rings. The molecule has 19 heavy (non-hydrogen) atoms. The molecule has 0 unspecified atom stereocenters. The van der Waals surface area contributed by atoms with Crippen molar-refractivity contribution in [3.05, 3.63) is 17.7 Å². The third-order valence-electron chi connectivity index (χ3n) is 6.55. The van der Waals surface area contributed by atoms with E-state index in [0.717, 1.165) is 17.8 Å². The van der Waals surface area contributed by atoms with E-state index in [2.05, 4.69) is 10.8 Å². The summed E-state index contributed by atoms with van der Waals surface area (Å²) in [7, 11) is 0. The van der Waals surface area contributed by atoms with Crippen LogP contribution in [0.5, 0.6) is 0 Å². The molecule has 2 heteroatoms. The largest absolute Gasteiger partial charge is 0.331 e. The van der Waals surface area contributed by atoms with E-state index in [9.17, 15) is 0 Å². The lowest BCUT2D eigenvalue weighted by Gasteiger charge is -2.57. The fourth-order valence-corrected chi connectivity index (χ4v) is 6.26. The van der Waals surface area contributed by atoms with Crippen molar-refractivity contribution in [2.75, 3.05) is 0 Å². The Labute approximate surface area is 115 Å². The predicted molar refractivity (Wildman–Crippen MR) is 75.0 cm³/mol. The topological polar surface area (TPSA) is 17.8 Å². The van der Waals surface area contributed by atoms with Crippen LogP contribution in [0.25, 0.3) is 0 Å². The molecule has 0 saturated heterocycles. The summed E-state index contributed by atoms with van der Waals surface area (Å²) in [6, 6.07) is 0. The second-order valence-electron chi connectivity index (χ2n) is 7.87. The third-order valence-corrected chi connectivity index (χ3v) is 6.55. The number of aryl methyl sites for hydroxylation is 1. The van der Waals surface area contributed by atoms with Crippen molar-refractivity contribution in [3.8, 4) is 0 Å². The van der Waals surface area contributed by atoms with E-state index in [1.165, 1.54) is 50.9 Å². The number of hydrogen-bond donors (Lipinski definition) is 0. The third kappa shape index (κ3) is 1.46. The Kier molecular flexibility index (Phi) is 2.10. The van der Waals surface area contributed by atoms with Crippen LogP contribution in [0.4, 0.5) is 0 Å². The number of rotatable bonds is 1. The van der Waals surface area contributed by atoms with Gasteiger partial charge in [0.1, 0.15) is 5.82 Å². The van der Waals surface area contributed by atoms with Crippen LogP contribution in [-0.4, -0.2) is 9.55 Å². The minimum Gasteiger partial charge on any atom is -0.331 e. The molecule has 102 valence electrons. The van der Waals surface area contributed by atoms with Crippen molar-refractivity contribution >= 4 is 0 Å². The molecule has 6 rings (SSSR count). The Morgan fingerprint density at radius 2 is 1.68 bits per heavy atom. The first-order chi connectivity index (χ1) is 9.32. The summed E-state index contributed by atoms with van der Waals surface area (Å²) >= 11 is 0. The van der Waals surface area contributed by atoms with E-state index in [1.807, 2.05) is 0 Å². The molecule has 5 aliphatic rings. The first kappa shape index (κ1) is 10.9. The van der Waals surface area contributed by atoms with Crippen LogP contribution in [-0.2, 0) is 18.4 Å². The fraction of sp³-hybridized carbons (Fsp3) is 0.824. The van der Waals surface area contributed by atoms with E-state index in [4.69, 9.17) is 4.98 Å². The Balaban J connectivity index is 1.60. The average Bonchev–Trinajstić information content (AvgIpc) is 2.81. The monoisotopic (exact) mass is 256 g/mol. The smallest absolute Gasteiger partial charge is 0.108 e. The highest BCUT2D eigenvalue weighted by Gasteiger charge is 2.53. The maximum atomic E-state index is 4.78. The minimum atomic E-state index is 0.539. The Morgan fingerprint density at radius 3 is 2.37 bits per heavy atom. The first-order valence-electron chi connectivity index (χ1n) is 8.37. The molecule has 0 aromatic carbocycles. The van der Waals surface area contributed by atoms with Gasteiger partial charge in [0.05, 0.1) is 0 Å². The number of aromatic nitrogens is 2. The SMILES string of the molecule is c1nc2n(c1C13CC4CC(CC(C4)C1)C3)CCCC2. The van der Waals surface area contributed by atoms with Crippen molar-refractivity contribution < 1.29 is 0 Å². The Morgan fingerprint density at radius 1 is 1.00 bits per heavy atom. The van der Waals surface area contributed by atoms with Crippen molar-refractivity contribution in [1.29, 1.82) is 0 Å². The molecular weight excluding hydrogens is 232 g/mol. The van der Waals surface area contributed by atoms with Crippen LogP contribution in [0.15, 0.2) is 6.20 Å². The molecule has 4 bridgehead atoms. The lowest BCUT2D eigenvalue weighted by molar-refractivity contribution is -0.00909. The molecule has 0 radical (unpaired) electrons. The van der Waals surface area contributed by atoms with Gasteiger partial charge >= 0.3 is 0 Å². The van der Waals surface area contributed by atoms with Gasteiger partial charge in [-0.05, 0) is 69.1 Å². The maximum Gasteiger partial charge on any atom is 0.108 e. The van der Waals surface area contributed by atoms with Crippen molar-refractivity contribution in [1.82, 2.24) is 9.55 Å². The van der Waals surface area contributed by atoms with Crippen LogP contribution in [0.1, 0.15) is 62.9 Å². The van der Waals surface area contributed by atoms with Crippen LogP contribution in [0.3, 0.4) is 0 Å². The van der Waals surface area contributed by atoms with Gasteiger partial charge in [0, 0.05) is 30.3 Å². The normalized spacial score (nSPS) is 43.5. The van der Waals surface area contributed by atoms with Gasteiger partial charge in [-0.1, -0.05) is 0 Å². The molecule has 4 aliphatic carbocycles. The van der Waals surface area contributed by atoms with Gasteiger partial charge in [0.25, 0.3) is 0 Å². The van der Waals surface area contributed by atoms with E-state index < -0.39 is 0 Å². The molecule has 0 amide bonds.